The lowest BCUT2D eigenvalue weighted by molar-refractivity contribution is 0.0398. The first-order valence-electron chi connectivity index (χ1n) is 11.0. The zero-order chi connectivity index (χ0) is 22.6. The van der Waals surface area contributed by atoms with Crippen molar-refractivity contribution in [3.8, 4) is 0 Å². The van der Waals surface area contributed by atoms with Gasteiger partial charge in [0.25, 0.3) is 10.0 Å². The number of nitrogens with zero attached hydrogens (tertiary/aromatic N) is 1. The third kappa shape index (κ3) is 5.06. The van der Waals surface area contributed by atoms with Crippen molar-refractivity contribution >= 4 is 27.4 Å². The molecule has 1 aliphatic heterocycles. The smallest absolute Gasteiger partial charge is 0.338 e. The second-order valence-corrected chi connectivity index (χ2v) is 9.77. The number of ether oxygens (including phenoxy) is 1. The number of aromatic carboxylic acids is 1. The summed E-state index contributed by atoms with van der Waals surface area (Å²) in [5.74, 6) is -1.11. The monoisotopic (exact) mass is 459 g/mol. The molecule has 0 atom stereocenters. The van der Waals surface area contributed by atoms with E-state index in [1.807, 2.05) is 6.07 Å². The Kier molecular flexibility index (Phi) is 6.98. The number of carbonyl (C=O) groups is 1. The van der Waals surface area contributed by atoms with Gasteiger partial charge in [-0.15, -0.1) is 0 Å². The van der Waals surface area contributed by atoms with E-state index in [1.54, 1.807) is 24.3 Å². The number of carboxylic acid groups (broad SMARTS) is 1. The molecule has 1 fully saturated rings. The molecule has 0 amide bonds. The minimum atomic E-state index is -3.99. The van der Waals surface area contributed by atoms with Gasteiger partial charge in [0.15, 0.2) is 0 Å². The van der Waals surface area contributed by atoms with E-state index in [4.69, 9.17) is 4.74 Å². The molecule has 0 bridgehead atoms. The Balaban J connectivity index is 1.55. The third-order valence-electron chi connectivity index (χ3n) is 6.01. The fraction of sp³-hybridized carbons (Fsp3) is 0.435. The maximum Gasteiger partial charge on any atom is 0.338 e. The van der Waals surface area contributed by atoms with E-state index >= 15 is 0 Å². The summed E-state index contributed by atoms with van der Waals surface area (Å²) in [6.07, 6.45) is 3.38. The van der Waals surface area contributed by atoms with Crippen molar-refractivity contribution < 1.29 is 23.1 Å². The fourth-order valence-electron chi connectivity index (χ4n) is 4.38. The highest BCUT2D eigenvalue weighted by atomic mass is 32.2. The van der Waals surface area contributed by atoms with Crippen molar-refractivity contribution in [2.24, 2.45) is 0 Å². The summed E-state index contributed by atoms with van der Waals surface area (Å²) < 4.78 is 34.4. The van der Waals surface area contributed by atoms with E-state index in [9.17, 15) is 18.3 Å². The molecule has 1 saturated heterocycles. The van der Waals surface area contributed by atoms with Gasteiger partial charge >= 0.3 is 5.97 Å². The number of para-hydroxylation sites is 1. The summed E-state index contributed by atoms with van der Waals surface area (Å²) in [5.41, 5.74) is 2.38. The van der Waals surface area contributed by atoms with Gasteiger partial charge in [0.1, 0.15) is 4.90 Å². The van der Waals surface area contributed by atoms with Crippen molar-refractivity contribution in [1.82, 2.24) is 4.90 Å². The van der Waals surface area contributed by atoms with E-state index in [2.05, 4.69) is 14.9 Å². The Morgan fingerprint density at radius 2 is 1.78 bits per heavy atom. The van der Waals surface area contributed by atoms with Crippen LogP contribution in [0.1, 0.15) is 34.3 Å². The molecule has 1 aliphatic carbocycles. The SMILES string of the molecule is O=C(O)c1c(NS(=O)(=O)c2ccccc2NCCN2CCOCC2)ccc2c1CCCC2. The van der Waals surface area contributed by atoms with Crippen molar-refractivity contribution in [3.63, 3.8) is 0 Å². The highest BCUT2D eigenvalue weighted by Crippen LogP contribution is 2.32. The van der Waals surface area contributed by atoms with Crippen molar-refractivity contribution in [3.05, 3.63) is 53.1 Å². The van der Waals surface area contributed by atoms with E-state index in [0.29, 0.717) is 31.9 Å². The summed E-state index contributed by atoms with van der Waals surface area (Å²) in [6, 6.07) is 10.1. The predicted molar refractivity (Wildman–Crippen MR) is 123 cm³/mol. The number of fused-ring (bicyclic) bond motifs is 1. The van der Waals surface area contributed by atoms with Crippen LogP contribution in [0.4, 0.5) is 11.4 Å². The van der Waals surface area contributed by atoms with Crippen LogP contribution in [0, 0.1) is 0 Å². The molecule has 4 rings (SSSR count). The third-order valence-corrected chi connectivity index (χ3v) is 7.44. The second kappa shape index (κ2) is 9.89. The van der Waals surface area contributed by atoms with E-state index in [1.165, 1.54) is 6.07 Å². The molecule has 0 saturated carbocycles. The van der Waals surface area contributed by atoms with Crippen molar-refractivity contribution in [1.29, 1.82) is 0 Å². The molecule has 32 heavy (non-hydrogen) atoms. The average Bonchev–Trinajstić information content (AvgIpc) is 2.79. The van der Waals surface area contributed by atoms with Crippen LogP contribution in [0.25, 0.3) is 0 Å². The van der Waals surface area contributed by atoms with Crippen molar-refractivity contribution in [2.45, 2.75) is 30.6 Å². The van der Waals surface area contributed by atoms with Gasteiger partial charge in [0.2, 0.25) is 0 Å². The number of aryl methyl sites for hydroxylation is 1. The van der Waals surface area contributed by atoms with Crippen LogP contribution in [-0.4, -0.2) is 63.8 Å². The topological polar surface area (TPSA) is 108 Å². The normalized spacial score (nSPS) is 16.9. The molecule has 3 N–H and O–H groups in total. The Bertz CT molecular complexity index is 1080. The lowest BCUT2D eigenvalue weighted by Crippen LogP contribution is -2.39. The summed E-state index contributed by atoms with van der Waals surface area (Å²) in [7, 11) is -3.99. The number of sulfonamides is 1. The van der Waals surface area contributed by atoms with Gasteiger partial charge < -0.3 is 15.2 Å². The standard InChI is InChI=1S/C23H29N3O5S/c27-23(28)22-18-6-2-1-5-17(18)9-10-20(22)25-32(29,30)21-8-4-3-7-19(21)24-11-12-26-13-15-31-16-14-26/h3-4,7-10,24-25H,1-2,5-6,11-16H2,(H,27,28). The molecule has 0 aromatic heterocycles. The number of rotatable bonds is 8. The first kappa shape index (κ1) is 22.6. The lowest BCUT2D eigenvalue weighted by Gasteiger charge is -2.26. The number of hydrogen-bond acceptors (Lipinski definition) is 6. The molecule has 8 nitrogen and oxygen atoms in total. The fourth-order valence-corrected chi connectivity index (χ4v) is 5.63. The highest BCUT2D eigenvalue weighted by molar-refractivity contribution is 7.92. The quantitative estimate of drug-likeness (QED) is 0.557. The van der Waals surface area contributed by atoms with E-state index in [-0.39, 0.29) is 16.1 Å². The molecule has 9 heteroatoms. The summed E-state index contributed by atoms with van der Waals surface area (Å²) >= 11 is 0. The Morgan fingerprint density at radius 1 is 1.03 bits per heavy atom. The largest absolute Gasteiger partial charge is 0.478 e. The lowest BCUT2D eigenvalue weighted by atomic mass is 9.87. The maximum atomic E-state index is 13.3. The number of morpholine rings is 1. The van der Waals surface area contributed by atoms with Crippen LogP contribution in [-0.2, 0) is 27.6 Å². The van der Waals surface area contributed by atoms with Crippen LogP contribution in [0.15, 0.2) is 41.3 Å². The zero-order valence-electron chi connectivity index (χ0n) is 18.0. The Labute approximate surface area is 188 Å². The predicted octanol–water partition coefficient (Wildman–Crippen LogP) is 2.81. The van der Waals surface area contributed by atoms with Crippen LogP contribution in [0.2, 0.25) is 0 Å². The molecule has 0 unspecified atom stereocenters. The van der Waals surface area contributed by atoms with Crippen LogP contribution in [0.5, 0.6) is 0 Å². The molecule has 0 radical (unpaired) electrons. The molecule has 1 heterocycles. The molecule has 2 aromatic rings. The number of benzene rings is 2. The zero-order valence-corrected chi connectivity index (χ0v) is 18.8. The van der Waals surface area contributed by atoms with E-state index < -0.39 is 16.0 Å². The molecule has 0 spiro atoms. The number of nitrogens with one attached hydrogen (secondary N) is 2. The highest BCUT2D eigenvalue weighted by Gasteiger charge is 2.25. The first-order valence-corrected chi connectivity index (χ1v) is 12.5. The van der Waals surface area contributed by atoms with Gasteiger partial charge in [-0.1, -0.05) is 18.2 Å². The maximum absolute atomic E-state index is 13.3. The molecular weight excluding hydrogens is 430 g/mol. The summed E-state index contributed by atoms with van der Waals surface area (Å²) in [4.78, 5) is 14.4. The second-order valence-electron chi connectivity index (χ2n) is 8.12. The first-order chi connectivity index (χ1) is 15.5. The van der Waals surface area contributed by atoms with Gasteiger partial charge in [-0.05, 0) is 55.0 Å². The van der Waals surface area contributed by atoms with Crippen LogP contribution < -0.4 is 10.0 Å². The van der Waals surface area contributed by atoms with Gasteiger partial charge in [0, 0.05) is 26.2 Å². The summed E-state index contributed by atoms with van der Waals surface area (Å²) in [6.45, 7) is 4.51. The molecule has 172 valence electrons. The number of anilines is 2. The van der Waals surface area contributed by atoms with Gasteiger partial charge in [0.05, 0.1) is 30.2 Å². The van der Waals surface area contributed by atoms with Gasteiger partial charge in [-0.3, -0.25) is 9.62 Å². The number of hydrogen-bond donors (Lipinski definition) is 3. The van der Waals surface area contributed by atoms with Crippen LogP contribution in [0.3, 0.4) is 0 Å². The molecule has 2 aromatic carbocycles. The Hall–Kier alpha value is -2.62. The summed E-state index contributed by atoms with van der Waals surface area (Å²) in [5, 5.41) is 13.0. The average molecular weight is 460 g/mol. The minimum Gasteiger partial charge on any atom is -0.478 e. The van der Waals surface area contributed by atoms with Gasteiger partial charge in [-0.2, -0.15) is 0 Å². The Morgan fingerprint density at radius 3 is 2.56 bits per heavy atom. The minimum absolute atomic E-state index is 0.0588. The number of carboxylic acids is 1. The molecular formula is C23H29N3O5S. The van der Waals surface area contributed by atoms with Gasteiger partial charge in [-0.25, -0.2) is 13.2 Å². The van der Waals surface area contributed by atoms with Crippen LogP contribution >= 0.6 is 0 Å². The molecule has 2 aliphatic rings. The van der Waals surface area contributed by atoms with Crippen molar-refractivity contribution in [2.75, 3.05) is 49.4 Å². The van der Waals surface area contributed by atoms with E-state index in [0.717, 1.165) is 50.0 Å².